The smallest absolute Gasteiger partial charge is 0.178 e. The molecule has 0 atom stereocenters. The summed E-state index contributed by atoms with van der Waals surface area (Å²) in [4.78, 5) is 0.266. The van der Waals surface area contributed by atoms with Crippen molar-refractivity contribution in [2.24, 2.45) is 0 Å². The van der Waals surface area contributed by atoms with Gasteiger partial charge in [-0.2, -0.15) is 0 Å². The van der Waals surface area contributed by atoms with Crippen LogP contribution in [0.4, 0.5) is 0 Å². The van der Waals surface area contributed by atoms with Gasteiger partial charge in [0.2, 0.25) is 0 Å². The lowest BCUT2D eigenvalue weighted by Gasteiger charge is -2.22. The molecule has 0 N–H and O–H groups in total. The predicted molar refractivity (Wildman–Crippen MR) is 70.0 cm³/mol. The zero-order valence-corrected chi connectivity index (χ0v) is 11.7. The third-order valence-electron chi connectivity index (χ3n) is 2.92. The number of ether oxygens (including phenoxy) is 3. The molecule has 1 fully saturated rings. The second kappa shape index (κ2) is 6.36. The summed E-state index contributed by atoms with van der Waals surface area (Å²) in [5.74, 6) is 0.538. The Morgan fingerprint density at radius 3 is 2.74 bits per heavy atom. The molecule has 19 heavy (non-hydrogen) atoms. The highest BCUT2D eigenvalue weighted by Gasteiger charge is 2.20. The number of rotatable bonds is 5. The lowest BCUT2D eigenvalue weighted by Crippen LogP contribution is -2.27. The summed E-state index contributed by atoms with van der Waals surface area (Å²) in [6, 6.07) is 6.48. The van der Waals surface area contributed by atoms with Crippen LogP contribution in [0.25, 0.3) is 0 Å². The first-order valence-corrected chi connectivity index (χ1v) is 7.87. The third kappa shape index (κ3) is 3.92. The molecule has 0 radical (unpaired) electrons. The molecule has 1 aromatic rings. The van der Waals surface area contributed by atoms with Crippen LogP contribution < -0.4 is 4.74 Å². The summed E-state index contributed by atoms with van der Waals surface area (Å²) >= 11 is 0. The Morgan fingerprint density at radius 2 is 2.05 bits per heavy atom. The van der Waals surface area contributed by atoms with Gasteiger partial charge in [0.25, 0.3) is 0 Å². The lowest BCUT2D eigenvalue weighted by molar-refractivity contribution is -0.178. The molecule has 0 aliphatic carbocycles. The number of hydrogen-bond donors (Lipinski definition) is 0. The van der Waals surface area contributed by atoms with Crippen molar-refractivity contribution >= 4 is 9.84 Å². The Bertz CT molecular complexity index is 506. The zero-order chi connectivity index (χ0) is 13.7. The molecule has 0 saturated carbocycles. The maximum Gasteiger partial charge on any atom is 0.178 e. The normalized spacial score (nSPS) is 17.3. The Morgan fingerprint density at radius 1 is 1.32 bits per heavy atom. The fraction of sp³-hybridized carbons (Fsp3) is 0.538. The van der Waals surface area contributed by atoms with Crippen LogP contribution in [-0.4, -0.2) is 40.8 Å². The van der Waals surface area contributed by atoms with Gasteiger partial charge in [-0.15, -0.1) is 0 Å². The summed E-state index contributed by atoms with van der Waals surface area (Å²) in [5, 5.41) is 0. The second-order valence-electron chi connectivity index (χ2n) is 4.31. The minimum Gasteiger partial charge on any atom is -0.497 e. The van der Waals surface area contributed by atoms with Crippen molar-refractivity contribution < 1.29 is 22.6 Å². The Labute approximate surface area is 113 Å². The first-order chi connectivity index (χ1) is 9.12. The maximum atomic E-state index is 12.2. The van der Waals surface area contributed by atoms with E-state index < -0.39 is 16.1 Å². The van der Waals surface area contributed by atoms with Gasteiger partial charge in [0.1, 0.15) is 5.75 Å². The van der Waals surface area contributed by atoms with Gasteiger partial charge >= 0.3 is 0 Å². The van der Waals surface area contributed by atoms with Crippen molar-refractivity contribution in [2.45, 2.75) is 24.0 Å². The SMILES string of the molecule is COc1cccc(S(=O)(=O)CCC2OCCCO2)c1. The largest absolute Gasteiger partial charge is 0.497 e. The molecular formula is C13H18O5S. The Balaban J connectivity index is 2.00. The number of sulfone groups is 1. The monoisotopic (exact) mass is 286 g/mol. The molecule has 5 nitrogen and oxygen atoms in total. The molecule has 0 aromatic heterocycles. The van der Waals surface area contributed by atoms with Crippen LogP contribution in [0.5, 0.6) is 5.75 Å². The average Bonchev–Trinajstić information content (AvgIpc) is 2.46. The van der Waals surface area contributed by atoms with Gasteiger partial charge in [0.15, 0.2) is 16.1 Å². The van der Waals surface area contributed by atoms with Gasteiger partial charge in [0, 0.05) is 6.42 Å². The summed E-state index contributed by atoms with van der Waals surface area (Å²) in [6.45, 7) is 1.26. The first kappa shape index (κ1) is 14.3. The average molecular weight is 286 g/mol. The Hall–Kier alpha value is -1.11. The quantitative estimate of drug-likeness (QED) is 0.823. The fourth-order valence-corrected chi connectivity index (χ4v) is 3.19. The highest BCUT2D eigenvalue weighted by atomic mass is 32.2. The second-order valence-corrected chi connectivity index (χ2v) is 6.42. The molecule has 0 unspecified atom stereocenters. The van der Waals surface area contributed by atoms with Crippen LogP contribution in [0.15, 0.2) is 29.2 Å². The van der Waals surface area contributed by atoms with Crippen molar-refractivity contribution in [2.75, 3.05) is 26.1 Å². The van der Waals surface area contributed by atoms with Gasteiger partial charge in [-0.05, 0) is 24.6 Å². The van der Waals surface area contributed by atoms with Gasteiger partial charge < -0.3 is 14.2 Å². The standard InChI is InChI=1S/C13H18O5S/c1-16-11-4-2-5-12(10-11)19(14,15)9-6-13-17-7-3-8-18-13/h2,4-5,10,13H,3,6-9H2,1H3. The summed E-state index contributed by atoms with van der Waals surface area (Å²) in [6.07, 6.45) is 0.799. The molecule has 0 spiro atoms. The molecular weight excluding hydrogens is 268 g/mol. The molecule has 0 bridgehead atoms. The van der Waals surface area contributed by atoms with E-state index in [1.54, 1.807) is 18.2 Å². The highest BCUT2D eigenvalue weighted by Crippen LogP contribution is 2.20. The van der Waals surface area contributed by atoms with E-state index in [1.165, 1.54) is 13.2 Å². The maximum absolute atomic E-state index is 12.2. The summed E-state index contributed by atoms with van der Waals surface area (Å²) < 4.78 is 40.1. The van der Waals surface area contributed by atoms with Crippen LogP contribution >= 0.6 is 0 Å². The lowest BCUT2D eigenvalue weighted by atomic mass is 10.3. The number of hydrogen-bond acceptors (Lipinski definition) is 5. The minimum absolute atomic E-state index is 0.00480. The van der Waals surface area contributed by atoms with Crippen LogP contribution in [0.2, 0.25) is 0 Å². The molecule has 1 heterocycles. The van der Waals surface area contributed by atoms with Crippen molar-refractivity contribution in [3.63, 3.8) is 0 Å². The third-order valence-corrected chi connectivity index (χ3v) is 4.66. The molecule has 0 amide bonds. The zero-order valence-electron chi connectivity index (χ0n) is 10.9. The van der Waals surface area contributed by atoms with E-state index in [0.29, 0.717) is 25.4 Å². The number of methoxy groups -OCH3 is 1. The van der Waals surface area contributed by atoms with Gasteiger partial charge in [-0.3, -0.25) is 0 Å². The molecule has 2 rings (SSSR count). The van der Waals surface area contributed by atoms with Crippen LogP contribution in [0, 0.1) is 0 Å². The van der Waals surface area contributed by atoms with Crippen molar-refractivity contribution in [3.8, 4) is 5.75 Å². The molecule has 1 aliphatic heterocycles. The van der Waals surface area contributed by atoms with E-state index >= 15 is 0 Å². The van der Waals surface area contributed by atoms with Crippen LogP contribution in [0.1, 0.15) is 12.8 Å². The molecule has 6 heteroatoms. The summed E-state index contributed by atoms with van der Waals surface area (Å²) in [7, 11) is -1.82. The van der Waals surface area contributed by atoms with E-state index in [4.69, 9.17) is 14.2 Å². The van der Waals surface area contributed by atoms with E-state index in [1.807, 2.05) is 0 Å². The van der Waals surface area contributed by atoms with E-state index in [-0.39, 0.29) is 10.6 Å². The molecule has 106 valence electrons. The Kier molecular flexibility index (Phi) is 4.79. The summed E-state index contributed by atoms with van der Waals surface area (Å²) in [5.41, 5.74) is 0. The van der Waals surface area contributed by atoms with Gasteiger partial charge in [-0.25, -0.2) is 8.42 Å². The predicted octanol–water partition coefficient (Wildman–Crippen LogP) is 1.62. The van der Waals surface area contributed by atoms with Gasteiger partial charge in [-0.1, -0.05) is 6.07 Å². The van der Waals surface area contributed by atoms with Crippen molar-refractivity contribution in [1.29, 1.82) is 0 Å². The molecule has 1 saturated heterocycles. The van der Waals surface area contributed by atoms with Crippen molar-refractivity contribution in [3.05, 3.63) is 24.3 Å². The molecule has 1 aromatic carbocycles. The first-order valence-electron chi connectivity index (χ1n) is 6.22. The minimum atomic E-state index is -3.33. The van der Waals surface area contributed by atoms with E-state index in [0.717, 1.165) is 6.42 Å². The molecule has 1 aliphatic rings. The van der Waals surface area contributed by atoms with E-state index in [2.05, 4.69) is 0 Å². The topological polar surface area (TPSA) is 61.8 Å². The fourth-order valence-electron chi connectivity index (χ4n) is 1.87. The van der Waals surface area contributed by atoms with Crippen LogP contribution in [-0.2, 0) is 19.3 Å². The van der Waals surface area contributed by atoms with Crippen molar-refractivity contribution in [1.82, 2.24) is 0 Å². The number of benzene rings is 1. The van der Waals surface area contributed by atoms with E-state index in [9.17, 15) is 8.42 Å². The van der Waals surface area contributed by atoms with Crippen LogP contribution in [0.3, 0.4) is 0 Å². The van der Waals surface area contributed by atoms with Gasteiger partial charge in [0.05, 0.1) is 31.0 Å². The highest BCUT2D eigenvalue weighted by molar-refractivity contribution is 7.91.